The summed E-state index contributed by atoms with van der Waals surface area (Å²) in [7, 11) is -1.92. The Bertz CT molecular complexity index is 1010. The second-order valence-corrected chi connectivity index (χ2v) is 9.47. The van der Waals surface area contributed by atoms with Crippen LogP contribution in [0.4, 0.5) is 0 Å². The van der Waals surface area contributed by atoms with Crippen LogP contribution in [0.1, 0.15) is 47.3 Å². The van der Waals surface area contributed by atoms with Crippen LogP contribution in [0.2, 0.25) is 5.02 Å². The van der Waals surface area contributed by atoms with Crippen molar-refractivity contribution in [2.75, 3.05) is 5.75 Å². The molecule has 1 aromatic carbocycles. The number of ketones is 1. The summed E-state index contributed by atoms with van der Waals surface area (Å²) < 4.78 is 26.3. The van der Waals surface area contributed by atoms with Crippen molar-refractivity contribution in [1.29, 1.82) is 0 Å². The number of hydrogen-bond acceptors (Lipinski definition) is 5. The third kappa shape index (κ3) is 2.66. The largest absolute Gasteiger partial charge is 0.493 e. The number of carbonyl (C=O) groups excluding carboxylic acids is 1. The van der Waals surface area contributed by atoms with Gasteiger partial charge in [0.25, 0.3) is 0 Å². The first-order valence-electron chi connectivity index (χ1n) is 7.79. The van der Waals surface area contributed by atoms with E-state index in [1.807, 2.05) is 13.8 Å². The van der Waals surface area contributed by atoms with Crippen LogP contribution in [-0.2, 0) is 22.3 Å². The lowest BCUT2D eigenvalue weighted by molar-refractivity contribution is 0.103. The first-order valence-corrected chi connectivity index (χ1v) is 9.82. The third-order valence-corrected chi connectivity index (χ3v) is 7.06. The lowest BCUT2D eigenvalue weighted by atomic mass is 9.79. The molecule has 0 saturated carbocycles. The molecule has 0 atom stereocenters. The number of aryl methyl sites for hydroxylation is 2. The lowest BCUT2D eigenvalue weighted by Crippen LogP contribution is -2.32. The first kappa shape index (κ1) is 17.9. The SMILES string of the molecule is Cc1cc(C(=O)c2cnn(C)c2O)c(Cl)c2c1S(=O)(=O)CCC2(C)C. The van der Waals surface area contributed by atoms with Gasteiger partial charge in [-0.2, -0.15) is 5.10 Å². The van der Waals surface area contributed by atoms with Crippen molar-refractivity contribution in [1.82, 2.24) is 9.78 Å². The molecule has 1 N–H and O–H groups in total. The Kier molecular flexibility index (Phi) is 4.00. The average molecular weight is 383 g/mol. The van der Waals surface area contributed by atoms with Gasteiger partial charge in [0.1, 0.15) is 5.56 Å². The van der Waals surface area contributed by atoms with Gasteiger partial charge in [0, 0.05) is 12.6 Å². The van der Waals surface area contributed by atoms with Gasteiger partial charge in [-0.3, -0.25) is 4.79 Å². The molecular weight excluding hydrogens is 364 g/mol. The topological polar surface area (TPSA) is 89.3 Å². The van der Waals surface area contributed by atoms with Gasteiger partial charge in [0.05, 0.1) is 21.9 Å². The smallest absolute Gasteiger partial charge is 0.220 e. The van der Waals surface area contributed by atoms with Crippen LogP contribution in [-0.4, -0.2) is 34.8 Å². The monoisotopic (exact) mass is 382 g/mol. The zero-order chi connectivity index (χ0) is 18.7. The summed E-state index contributed by atoms with van der Waals surface area (Å²) in [6, 6.07) is 1.48. The van der Waals surface area contributed by atoms with Crippen molar-refractivity contribution in [3.05, 3.63) is 39.5 Å². The van der Waals surface area contributed by atoms with Crippen molar-refractivity contribution in [3.63, 3.8) is 0 Å². The average Bonchev–Trinajstić information content (AvgIpc) is 2.85. The molecule has 2 aromatic rings. The fourth-order valence-electron chi connectivity index (χ4n) is 3.30. The molecule has 0 unspecified atom stereocenters. The second kappa shape index (κ2) is 5.57. The van der Waals surface area contributed by atoms with E-state index in [-0.39, 0.29) is 32.7 Å². The van der Waals surface area contributed by atoms with Crippen molar-refractivity contribution in [2.45, 2.75) is 37.5 Å². The zero-order valence-corrected chi connectivity index (χ0v) is 16.0. The molecule has 1 aliphatic rings. The summed E-state index contributed by atoms with van der Waals surface area (Å²) in [5.41, 5.74) is 0.688. The summed E-state index contributed by atoms with van der Waals surface area (Å²) in [5.74, 6) is -0.690. The van der Waals surface area contributed by atoms with E-state index in [1.165, 1.54) is 24.0 Å². The van der Waals surface area contributed by atoms with Crippen LogP contribution in [0, 0.1) is 6.92 Å². The van der Waals surface area contributed by atoms with E-state index < -0.39 is 21.0 Å². The normalized spacial score (nSPS) is 18.0. The summed E-state index contributed by atoms with van der Waals surface area (Å²) in [6.07, 6.45) is 1.70. The van der Waals surface area contributed by atoms with E-state index >= 15 is 0 Å². The van der Waals surface area contributed by atoms with Crippen LogP contribution in [0.15, 0.2) is 17.2 Å². The Morgan fingerprint density at radius 3 is 2.56 bits per heavy atom. The van der Waals surface area contributed by atoms with Crippen molar-refractivity contribution in [2.24, 2.45) is 7.05 Å². The molecule has 2 heterocycles. The molecule has 134 valence electrons. The minimum absolute atomic E-state index is 0.0280. The Morgan fingerprint density at radius 1 is 1.36 bits per heavy atom. The second-order valence-electron chi connectivity index (χ2n) is 7.05. The predicted octanol–water partition coefficient (Wildman–Crippen LogP) is 2.77. The molecule has 0 aliphatic carbocycles. The minimum atomic E-state index is -3.44. The Morgan fingerprint density at radius 2 is 2.00 bits per heavy atom. The van der Waals surface area contributed by atoms with E-state index in [1.54, 1.807) is 6.92 Å². The molecule has 1 aromatic heterocycles. The van der Waals surface area contributed by atoms with Crippen molar-refractivity contribution < 1.29 is 18.3 Å². The summed E-state index contributed by atoms with van der Waals surface area (Å²) in [4.78, 5) is 13.1. The molecule has 0 spiro atoms. The number of aromatic nitrogens is 2. The molecule has 6 nitrogen and oxygen atoms in total. The standard InChI is InChI=1S/C17H19ClN2O4S/c1-9-7-10(14(21)11-8-19-20(4)16(11)22)13(18)12-15(9)25(23,24)6-5-17(12,2)3/h7-8,22H,5-6H2,1-4H3. The van der Waals surface area contributed by atoms with Gasteiger partial charge in [-0.15, -0.1) is 0 Å². The fraction of sp³-hybridized carbons (Fsp3) is 0.412. The number of nitrogens with zero attached hydrogens (tertiary/aromatic N) is 2. The lowest BCUT2D eigenvalue weighted by Gasteiger charge is -2.34. The number of hydrogen-bond donors (Lipinski definition) is 1. The molecular formula is C17H19ClN2O4S. The van der Waals surface area contributed by atoms with Gasteiger partial charge in [0.2, 0.25) is 11.7 Å². The Balaban J connectivity index is 2.31. The molecule has 0 saturated heterocycles. The molecule has 25 heavy (non-hydrogen) atoms. The minimum Gasteiger partial charge on any atom is -0.493 e. The van der Waals surface area contributed by atoms with Crippen molar-refractivity contribution in [3.8, 4) is 5.88 Å². The third-order valence-electron chi connectivity index (χ3n) is 4.78. The molecule has 0 amide bonds. The van der Waals surface area contributed by atoms with Gasteiger partial charge in [-0.25, -0.2) is 13.1 Å². The molecule has 1 aliphatic heterocycles. The molecule has 0 bridgehead atoms. The van der Waals surface area contributed by atoms with E-state index in [0.717, 1.165) is 0 Å². The maximum absolute atomic E-state index is 12.9. The van der Waals surface area contributed by atoms with Crippen LogP contribution < -0.4 is 0 Å². The number of carbonyl (C=O) groups is 1. The van der Waals surface area contributed by atoms with Gasteiger partial charge in [-0.05, 0) is 36.0 Å². The highest BCUT2D eigenvalue weighted by Gasteiger charge is 2.40. The maximum atomic E-state index is 12.9. The quantitative estimate of drug-likeness (QED) is 0.806. The highest BCUT2D eigenvalue weighted by molar-refractivity contribution is 7.91. The fourth-order valence-corrected chi connectivity index (χ4v) is 6.07. The van der Waals surface area contributed by atoms with Crippen molar-refractivity contribution >= 4 is 27.2 Å². The summed E-state index contributed by atoms with van der Waals surface area (Å²) in [6.45, 7) is 5.50. The Hall–Kier alpha value is -1.86. The zero-order valence-electron chi connectivity index (χ0n) is 14.4. The first-order chi connectivity index (χ1) is 11.5. The number of sulfone groups is 1. The van der Waals surface area contributed by atoms with Gasteiger partial charge in [-0.1, -0.05) is 25.4 Å². The van der Waals surface area contributed by atoms with Crippen LogP contribution in [0.25, 0.3) is 0 Å². The van der Waals surface area contributed by atoms with E-state index in [4.69, 9.17) is 11.6 Å². The van der Waals surface area contributed by atoms with Gasteiger partial charge >= 0.3 is 0 Å². The molecule has 3 rings (SSSR count). The Labute approximate surface area is 151 Å². The van der Waals surface area contributed by atoms with E-state index in [0.29, 0.717) is 17.5 Å². The summed E-state index contributed by atoms with van der Waals surface area (Å²) in [5, 5.41) is 14.0. The predicted molar refractivity (Wildman–Crippen MR) is 94.2 cm³/mol. The molecule has 8 heteroatoms. The maximum Gasteiger partial charge on any atom is 0.220 e. The van der Waals surface area contributed by atoms with Gasteiger partial charge < -0.3 is 5.11 Å². The molecule has 0 radical (unpaired) electrons. The number of halogens is 1. The number of rotatable bonds is 2. The van der Waals surface area contributed by atoms with E-state index in [9.17, 15) is 18.3 Å². The highest BCUT2D eigenvalue weighted by Crippen LogP contribution is 2.45. The number of fused-ring (bicyclic) bond motifs is 1. The van der Waals surface area contributed by atoms with Gasteiger partial charge in [0.15, 0.2) is 9.84 Å². The summed E-state index contributed by atoms with van der Waals surface area (Å²) >= 11 is 6.52. The van der Waals surface area contributed by atoms with Crippen LogP contribution >= 0.6 is 11.6 Å². The highest BCUT2D eigenvalue weighted by atomic mass is 35.5. The number of benzene rings is 1. The number of aromatic hydroxyl groups is 1. The van der Waals surface area contributed by atoms with Crippen LogP contribution in [0.3, 0.4) is 0 Å². The van der Waals surface area contributed by atoms with E-state index in [2.05, 4.69) is 5.10 Å². The molecule has 0 fully saturated rings. The van der Waals surface area contributed by atoms with Crippen LogP contribution in [0.5, 0.6) is 5.88 Å².